The molecule has 0 bridgehead atoms. The first-order chi connectivity index (χ1) is 7.60. The number of hydrogen-bond acceptors (Lipinski definition) is 5. The van der Waals surface area contributed by atoms with Gasteiger partial charge in [0.05, 0.1) is 19.3 Å². The molecule has 1 aromatic carbocycles. The van der Waals surface area contributed by atoms with E-state index >= 15 is 0 Å². The van der Waals surface area contributed by atoms with Gasteiger partial charge >= 0.3 is 13.1 Å². The Hall–Kier alpha value is -1.53. The van der Waals surface area contributed by atoms with Crippen LogP contribution in [0.15, 0.2) is 18.2 Å². The Kier molecular flexibility index (Phi) is 4.33. The molecule has 0 radical (unpaired) electrons. The van der Waals surface area contributed by atoms with E-state index in [1.807, 2.05) is 0 Å². The minimum Gasteiger partial charge on any atom is -0.497 e. The molecule has 0 spiro atoms. The van der Waals surface area contributed by atoms with Gasteiger partial charge in [-0.05, 0) is 19.1 Å². The van der Waals surface area contributed by atoms with Crippen LogP contribution in [0.1, 0.15) is 17.3 Å². The molecule has 0 fully saturated rings. The van der Waals surface area contributed by atoms with Gasteiger partial charge < -0.3 is 19.5 Å². The van der Waals surface area contributed by atoms with Gasteiger partial charge in [0.1, 0.15) is 5.75 Å². The Morgan fingerprint density at radius 3 is 2.62 bits per heavy atom. The van der Waals surface area contributed by atoms with E-state index in [0.29, 0.717) is 5.56 Å². The molecule has 0 unspecified atom stereocenters. The summed E-state index contributed by atoms with van der Waals surface area (Å²) in [5.74, 6) is -0.236. The molecule has 86 valence electrons. The lowest BCUT2D eigenvalue weighted by atomic mass is 9.79. The summed E-state index contributed by atoms with van der Waals surface area (Å²) < 4.78 is 9.76. The predicted octanol–water partition coefficient (Wildman–Crippen LogP) is -0.448. The summed E-state index contributed by atoms with van der Waals surface area (Å²) in [6.45, 7) is 1.99. The lowest BCUT2D eigenvalue weighted by molar-refractivity contribution is 0.0526. The summed E-state index contributed by atoms with van der Waals surface area (Å²) in [4.78, 5) is 11.4. The molecule has 0 aliphatic rings. The second-order valence-electron chi connectivity index (χ2n) is 3.05. The van der Waals surface area contributed by atoms with Gasteiger partial charge in [-0.2, -0.15) is 0 Å². The van der Waals surface area contributed by atoms with Gasteiger partial charge in [-0.3, -0.25) is 0 Å². The largest absolute Gasteiger partial charge is 0.497 e. The average molecular weight is 224 g/mol. The zero-order valence-corrected chi connectivity index (χ0v) is 9.14. The van der Waals surface area contributed by atoms with Crippen molar-refractivity contribution in [2.75, 3.05) is 13.7 Å². The van der Waals surface area contributed by atoms with Gasteiger partial charge in [0.15, 0.2) is 0 Å². The summed E-state index contributed by atoms with van der Waals surface area (Å²) in [7, 11) is -0.248. The van der Waals surface area contributed by atoms with Crippen molar-refractivity contribution in [3.05, 3.63) is 23.8 Å². The quantitative estimate of drug-likeness (QED) is 0.535. The normalized spacial score (nSPS) is 9.75. The number of methoxy groups -OCH3 is 1. The maximum absolute atomic E-state index is 11.4. The zero-order valence-electron chi connectivity index (χ0n) is 9.14. The van der Waals surface area contributed by atoms with Crippen molar-refractivity contribution in [1.29, 1.82) is 0 Å². The third-order valence-electron chi connectivity index (χ3n) is 2.02. The highest BCUT2D eigenvalue weighted by atomic mass is 16.5. The smallest absolute Gasteiger partial charge is 0.492 e. The Labute approximate surface area is 93.8 Å². The Balaban J connectivity index is 3.04. The summed E-state index contributed by atoms with van der Waals surface area (Å²) in [5, 5.41) is 18.1. The third-order valence-corrected chi connectivity index (χ3v) is 2.02. The number of esters is 1. The summed E-state index contributed by atoms with van der Waals surface area (Å²) >= 11 is 0. The monoisotopic (exact) mass is 224 g/mol. The molecule has 0 aliphatic carbocycles. The van der Waals surface area contributed by atoms with Crippen LogP contribution in [0.5, 0.6) is 5.75 Å². The standard InChI is InChI=1S/C10H13BO5/c1-3-16-10(12)7-4-5-8(11(13)14)9(6-7)15-2/h4-6,13-14H,3H2,1-2H3. The van der Waals surface area contributed by atoms with Crippen molar-refractivity contribution in [2.45, 2.75) is 6.92 Å². The number of carbonyl (C=O) groups excluding carboxylic acids is 1. The van der Waals surface area contributed by atoms with Gasteiger partial charge in [0, 0.05) is 5.46 Å². The van der Waals surface area contributed by atoms with Crippen molar-refractivity contribution in [1.82, 2.24) is 0 Å². The van der Waals surface area contributed by atoms with Crippen molar-refractivity contribution in [2.24, 2.45) is 0 Å². The molecular weight excluding hydrogens is 211 g/mol. The van der Waals surface area contributed by atoms with Crippen LogP contribution in [-0.2, 0) is 4.74 Å². The van der Waals surface area contributed by atoms with Crippen LogP contribution in [-0.4, -0.2) is 36.9 Å². The van der Waals surface area contributed by atoms with E-state index in [0.717, 1.165) is 0 Å². The first-order valence-corrected chi connectivity index (χ1v) is 4.81. The second-order valence-corrected chi connectivity index (χ2v) is 3.05. The number of hydrogen-bond donors (Lipinski definition) is 2. The molecular formula is C10H13BO5. The first-order valence-electron chi connectivity index (χ1n) is 4.81. The summed E-state index contributed by atoms with van der Waals surface area (Å²) in [6, 6.07) is 4.28. The molecule has 16 heavy (non-hydrogen) atoms. The van der Waals surface area contributed by atoms with E-state index in [2.05, 4.69) is 0 Å². The van der Waals surface area contributed by atoms with Crippen LogP contribution in [0.4, 0.5) is 0 Å². The molecule has 1 rings (SSSR count). The molecule has 0 saturated heterocycles. The van der Waals surface area contributed by atoms with Crippen molar-refractivity contribution in [3.63, 3.8) is 0 Å². The molecule has 0 saturated carbocycles. The van der Waals surface area contributed by atoms with Gasteiger partial charge in [-0.25, -0.2) is 4.79 Å². The summed E-state index contributed by atoms with van der Waals surface area (Å²) in [6.07, 6.45) is 0. The molecule has 0 amide bonds. The predicted molar refractivity (Wildman–Crippen MR) is 58.8 cm³/mol. The molecule has 0 heterocycles. The Bertz CT molecular complexity index is 377. The topological polar surface area (TPSA) is 76.0 Å². The number of benzene rings is 1. The number of ether oxygens (including phenoxy) is 2. The lowest BCUT2D eigenvalue weighted by Crippen LogP contribution is -2.31. The summed E-state index contributed by atoms with van der Waals surface area (Å²) in [5.41, 5.74) is 0.513. The fourth-order valence-corrected chi connectivity index (χ4v) is 1.27. The van der Waals surface area contributed by atoms with Crippen LogP contribution >= 0.6 is 0 Å². The maximum atomic E-state index is 11.4. The Morgan fingerprint density at radius 1 is 1.44 bits per heavy atom. The lowest BCUT2D eigenvalue weighted by Gasteiger charge is -2.09. The van der Waals surface area contributed by atoms with E-state index in [9.17, 15) is 4.79 Å². The Morgan fingerprint density at radius 2 is 2.12 bits per heavy atom. The zero-order chi connectivity index (χ0) is 12.1. The van der Waals surface area contributed by atoms with Gasteiger partial charge in [-0.15, -0.1) is 0 Å². The van der Waals surface area contributed by atoms with Crippen LogP contribution in [0.2, 0.25) is 0 Å². The van der Waals surface area contributed by atoms with Gasteiger partial charge in [-0.1, -0.05) is 6.07 Å². The SMILES string of the molecule is CCOC(=O)c1ccc(B(O)O)c(OC)c1. The molecule has 0 aliphatic heterocycles. The van der Waals surface area contributed by atoms with Gasteiger partial charge in [0.25, 0.3) is 0 Å². The third kappa shape index (κ3) is 2.74. The molecule has 5 nitrogen and oxygen atoms in total. The number of carbonyl (C=O) groups is 1. The van der Waals surface area contributed by atoms with E-state index in [1.165, 1.54) is 25.3 Å². The molecule has 0 atom stereocenters. The highest BCUT2D eigenvalue weighted by Crippen LogP contribution is 2.12. The van der Waals surface area contributed by atoms with E-state index < -0.39 is 13.1 Å². The van der Waals surface area contributed by atoms with E-state index in [-0.39, 0.29) is 17.8 Å². The fourth-order valence-electron chi connectivity index (χ4n) is 1.27. The van der Waals surface area contributed by atoms with Crippen LogP contribution in [0.25, 0.3) is 0 Å². The van der Waals surface area contributed by atoms with Gasteiger partial charge in [0.2, 0.25) is 0 Å². The maximum Gasteiger partial charge on any atom is 0.492 e. The van der Waals surface area contributed by atoms with Crippen molar-refractivity contribution >= 4 is 18.6 Å². The molecule has 6 heteroatoms. The van der Waals surface area contributed by atoms with Crippen molar-refractivity contribution in [3.8, 4) is 5.75 Å². The van der Waals surface area contributed by atoms with Crippen molar-refractivity contribution < 1.29 is 24.3 Å². The fraction of sp³-hybridized carbons (Fsp3) is 0.300. The minimum atomic E-state index is -1.63. The highest BCUT2D eigenvalue weighted by molar-refractivity contribution is 6.59. The average Bonchev–Trinajstić information content (AvgIpc) is 2.28. The van der Waals surface area contributed by atoms with Crippen LogP contribution < -0.4 is 10.2 Å². The second kappa shape index (κ2) is 5.53. The minimum absolute atomic E-state index is 0.204. The van der Waals surface area contributed by atoms with Crippen LogP contribution in [0, 0.1) is 0 Å². The van der Waals surface area contributed by atoms with E-state index in [1.54, 1.807) is 6.92 Å². The number of rotatable bonds is 4. The highest BCUT2D eigenvalue weighted by Gasteiger charge is 2.18. The van der Waals surface area contributed by atoms with Crippen LogP contribution in [0.3, 0.4) is 0 Å². The first kappa shape index (κ1) is 12.5. The molecule has 1 aromatic rings. The molecule has 2 N–H and O–H groups in total. The molecule has 0 aromatic heterocycles. The van der Waals surface area contributed by atoms with E-state index in [4.69, 9.17) is 19.5 Å².